The average molecular weight is 314 g/mol. The molecule has 0 amide bonds. The fraction of sp³-hybridized carbons (Fsp3) is 0.611. The van der Waals surface area contributed by atoms with Gasteiger partial charge in [-0.2, -0.15) is 0 Å². The second kappa shape index (κ2) is 7.11. The Labute approximate surface area is 137 Å². The van der Waals surface area contributed by atoms with E-state index in [1.807, 2.05) is 19.2 Å². The summed E-state index contributed by atoms with van der Waals surface area (Å²) in [5, 5.41) is 7.39. The summed E-state index contributed by atoms with van der Waals surface area (Å²) in [6, 6.07) is 1.93. The Kier molecular flexibility index (Phi) is 4.94. The third kappa shape index (κ3) is 3.89. The van der Waals surface area contributed by atoms with Crippen LogP contribution in [0.1, 0.15) is 63.3 Å². The topological polar surface area (TPSA) is 63.8 Å². The van der Waals surface area contributed by atoms with E-state index in [-0.39, 0.29) is 0 Å². The van der Waals surface area contributed by atoms with Gasteiger partial charge in [-0.3, -0.25) is 0 Å². The molecule has 2 aromatic heterocycles. The molecule has 1 N–H and O–H groups in total. The van der Waals surface area contributed by atoms with E-state index in [4.69, 9.17) is 9.51 Å². The van der Waals surface area contributed by atoms with Gasteiger partial charge in [0.15, 0.2) is 5.76 Å². The van der Waals surface area contributed by atoms with Gasteiger partial charge in [-0.1, -0.05) is 38.3 Å². The summed E-state index contributed by atoms with van der Waals surface area (Å²) in [4.78, 5) is 9.21. The number of hydrogen-bond acceptors (Lipinski definition) is 5. The van der Waals surface area contributed by atoms with Crippen molar-refractivity contribution in [3.63, 3.8) is 0 Å². The molecule has 0 aliphatic heterocycles. The molecule has 1 saturated carbocycles. The summed E-state index contributed by atoms with van der Waals surface area (Å²) in [6.45, 7) is 7.17. The van der Waals surface area contributed by atoms with Crippen molar-refractivity contribution in [2.75, 3.05) is 11.9 Å². The summed E-state index contributed by atoms with van der Waals surface area (Å²) in [7, 11) is 0. The highest BCUT2D eigenvalue weighted by Gasteiger charge is 2.17. The van der Waals surface area contributed by atoms with Crippen LogP contribution in [0.2, 0.25) is 0 Å². The lowest BCUT2D eigenvalue weighted by Crippen LogP contribution is -2.18. The summed E-state index contributed by atoms with van der Waals surface area (Å²) >= 11 is 0. The van der Waals surface area contributed by atoms with Crippen LogP contribution in [-0.2, 0) is 0 Å². The molecule has 1 aliphatic rings. The highest BCUT2D eigenvalue weighted by molar-refractivity contribution is 5.61. The Morgan fingerprint density at radius 3 is 2.70 bits per heavy atom. The molecule has 2 aromatic rings. The zero-order chi connectivity index (χ0) is 16.2. The van der Waals surface area contributed by atoms with Gasteiger partial charge in [-0.15, -0.1) is 0 Å². The fourth-order valence-corrected chi connectivity index (χ4v) is 3.23. The van der Waals surface area contributed by atoms with E-state index in [0.717, 1.165) is 41.1 Å². The minimum atomic E-state index is 0.300. The minimum Gasteiger partial charge on any atom is -0.356 e. The monoisotopic (exact) mass is 314 g/mol. The van der Waals surface area contributed by atoms with Crippen LogP contribution in [0.5, 0.6) is 0 Å². The smallest absolute Gasteiger partial charge is 0.222 e. The third-order valence-corrected chi connectivity index (χ3v) is 4.53. The van der Waals surface area contributed by atoms with Gasteiger partial charge in [-0.05, 0) is 31.6 Å². The van der Waals surface area contributed by atoms with E-state index in [2.05, 4.69) is 29.3 Å². The summed E-state index contributed by atoms with van der Waals surface area (Å²) in [6.07, 6.45) is 8.59. The number of nitrogens with zero attached hydrogens (tertiary/aromatic N) is 3. The number of anilines is 1. The molecule has 5 heteroatoms. The van der Waals surface area contributed by atoms with Crippen LogP contribution in [0.3, 0.4) is 0 Å². The Bertz CT molecular complexity index is 644. The second-order valence-electron chi connectivity index (χ2n) is 6.86. The molecule has 0 saturated heterocycles. The first-order chi connectivity index (χ1) is 11.1. The average Bonchev–Trinajstić information content (AvgIpc) is 3.00. The fourth-order valence-electron chi connectivity index (χ4n) is 3.23. The molecule has 0 unspecified atom stereocenters. The van der Waals surface area contributed by atoms with Crippen molar-refractivity contribution in [3.8, 4) is 11.3 Å². The zero-order valence-electron chi connectivity index (χ0n) is 14.3. The van der Waals surface area contributed by atoms with Crippen molar-refractivity contribution in [2.24, 2.45) is 5.92 Å². The standard InChI is InChI=1S/C18H26N4O/c1-12(2)17-15(16-9-13(3)22-23-16)11-20-18(21-17)19-10-14-7-5-4-6-8-14/h9,11-12,14H,4-8,10H2,1-3H3,(H,19,20,21). The molecule has 124 valence electrons. The molecule has 1 fully saturated rings. The SMILES string of the molecule is Cc1cc(-c2cnc(NCC3CCCCC3)nc2C(C)C)on1. The molecule has 0 bridgehead atoms. The van der Waals surface area contributed by atoms with Gasteiger partial charge >= 0.3 is 0 Å². The zero-order valence-corrected chi connectivity index (χ0v) is 14.3. The van der Waals surface area contributed by atoms with Gasteiger partial charge < -0.3 is 9.84 Å². The van der Waals surface area contributed by atoms with Crippen molar-refractivity contribution in [1.29, 1.82) is 0 Å². The highest BCUT2D eigenvalue weighted by Crippen LogP contribution is 2.29. The first-order valence-electron chi connectivity index (χ1n) is 8.68. The van der Waals surface area contributed by atoms with Gasteiger partial charge in [0.1, 0.15) is 0 Å². The van der Waals surface area contributed by atoms with E-state index >= 15 is 0 Å². The van der Waals surface area contributed by atoms with E-state index in [9.17, 15) is 0 Å². The minimum absolute atomic E-state index is 0.300. The first kappa shape index (κ1) is 16.0. The molecule has 3 rings (SSSR count). The highest BCUT2D eigenvalue weighted by atomic mass is 16.5. The van der Waals surface area contributed by atoms with Gasteiger partial charge in [0.05, 0.1) is 17.0 Å². The Morgan fingerprint density at radius 1 is 1.26 bits per heavy atom. The van der Waals surface area contributed by atoms with Crippen LogP contribution in [0.4, 0.5) is 5.95 Å². The van der Waals surface area contributed by atoms with Crippen molar-refractivity contribution >= 4 is 5.95 Å². The van der Waals surface area contributed by atoms with Crippen LogP contribution >= 0.6 is 0 Å². The van der Waals surface area contributed by atoms with Crippen molar-refractivity contribution in [1.82, 2.24) is 15.1 Å². The molecule has 0 atom stereocenters. The van der Waals surface area contributed by atoms with Crippen molar-refractivity contribution in [3.05, 3.63) is 23.7 Å². The maximum atomic E-state index is 5.39. The van der Waals surface area contributed by atoms with Crippen LogP contribution < -0.4 is 5.32 Å². The lowest BCUT2D eigenvalue weighted by Gasteiger charge is -2.22. The summed E-state index contributed by atoms with van der Waals surface area (Å²) in [5.41, 5.74) is 2.81. The van der Waals surface area contributed by atoms with Crippen LogP contribution in [0.25, 0.3) is 11.3 Å². The molecular formula is C18H26N4O. The number of nitrogens with one attached hydrogen (secondary N) is 1. The number of hydrogen-bond donors (Lipinski definition) is 1. The second-order valence-corrected chi connectivity index (χ2v) is 6.86. The van der Waals surface area contributed by atoms with E-state index in [1.54, 1.807) is 0 Å². The molecule has 0 aromatic carbocycles. The van der Waals surface area contributed by atoms with E-state index < -0.39 is 0 Å². The lowest BCUT2D eigenvalue weighted by atomic mass is 9.89. The summed E-state index contributed by atoms with van der Waals surface area (Å²) in [5.74, 6) is 2.52. The van der Waals surface area contributed by atoms with E-state index in [1.165, 1.54) is 32.1 Å². The molecule has 2 heterocycles. The predicted molar refractivity (Wildman–Crippen MR) is 91.4 cm³/mol. The normalized spacial score (nSPS) is 16.0. The quantitative estimate of drug-likeness (QED) is 0.876. The van der Waals surface area contributed by atoms with Crippen LogP contribution in [0.15, 0.2) is 16.8 Å². The largest absolute Gasteiger partial charge is 0.356 e. The number of aryl methyl sites for hydroxylation is 1. The van der Waals surface area contributed by atoms with Gasteiger partial charge in [0, 0.05) is 18.8 Å². The van der Waals surface area contributed by atoms with Gasteiger partial charge in [0.2, 0.25) is 5.95 Å². The molecular weight excluding hydrogens is 288 g/mol. The molecule has 0 radical (unpaired) electrons. The van der Waals surface area contributed by atoms with Gasteiger partial charge in [0.25, 0.3) is 0 Å². The van der Waals surface area contributed by atoms with Crippen LogP contribution in [0, 0.1) is 12.8 Å². The number of rotatable bonds is 5. The molecule has 1 aliphatic carbocycles. The lowest BCUT2D eigenvalue weighted by molar-refractivity contribution is 0.373. The molecule has 0 spiro atoms. The van der Waals surface area contributed by atoms with Crippen molar-refractivity contribution in [2.45, 2.75) is 58.8 Å². The Morgan fingerprint density at radius 2 is 2.04 bits per heavy atom. The predicted octanol–water partition coefficient (Wildman–Crippen LogP) is 4.56. The Balaban J connectivity index is 1.76. The third-order valence-electron chi connectivity index (χ3n) is 4.53. The van der Waals surface area contributed by atoms with Gasteiger partial charge in [-0.25, -0.2) is 9.97 Å². The first-order valence-corrected chi connectivity index (χ1v) is 8.68. The molecule has 23 heavy (non-hydrogen) atoms. The Hall–Kier alpha value is -1.91. The van der Waals surface area contributed by atoms with Crippen LogP contribution in [-0.4, -0.2) is 21.7 Å². The van der Waals surface area contributed by atoms with Crippen molar-refractivity contribution < 1.29 is 4.52 Å². The molecule has 5 nitrogen and oxygen atoms in total. The number of aromatic nitrogens is 3. The maximum absolute atomic E-state index is 5.39. The summed E-state index contributed by atoms with van der Waals surface area (Å²) < 4.78 is 5.39. The van der Waals surface area contributed by atoms with E-state index in [0.29, 0.717) is 5.92 Å². The maximum Gasteiger partial charge on any atom is 0.222 e.